The number of methoxy groups -OCH3 is 1. The van der Waals surface area contributed by atoms with Crippen molar-refractivity contribution in [3.63, 3.8) is 0 Å². The van der Waals surface area contributed by atoms with Crippen molar-refractivity contribution in [3.05, 3.63) is 51.4 Å². The highest BCUT2D eigenvalue weighted by molar-refractivity contribution is 7.99. The zero-order valence-electron chi connectivity index (χ0n) is 18.2. The van der Waals surface area contributed by atoms with Crippen molar-refractivity contribution in [1.29, 1.82) is 0 Å². The number of ketones is 1. The highest BCUT2D eigenvalue weighted by Gasteiger charge is 2.22. The van der Waals surface area contributed by atoms with Crippen molar-refractivity contribution in [2.75, 3.05) is 12.9 Å². The molecule has 5 nitrogen and oxygen atoms in total. The van der Waals surface area contributed by atoms with Crippen molar-refractivity contribution >= 4 is 17.5 Å². The molecule has 1 unspecified atom stereocenters. The highest BCUT2D eigenvalue weighted by atomic mass is 32.2. The third-order valence-corrected chi connectivity index (χ3v) is 6.88. The Kier molecular flexibility index (Phi) is 8.14. The third kappa shape index (κ3) is 5.75. The molecule has 1 aromatic heterocycles. The first-order chi connectivity index (χ1) is 14.5. The molecule has 1 heterocycles. The Morgan fingerprint density at radius 3 is 2.57 bits per heavy atom. The Balaban J connectivity index is 1.71. The Morgan fingerprint density at radius 1 is 1.23 bits per heavy atom. The minimum atomic E-state index is -0.0719. The maximum Gasteiger partial charge on any atom is 0.254 e. The molecule has 1 aliphatic rings. The van der Waals surface area contributed by atoms with Crippen LogP contribution in [0.4, 0.5) is 0 Å². The van der Waals surface area contributed by atoms with Crippen LogP contribution in [0.3, 0.4) is 0 Å². The van der Waals surface area contributed by atoms with E-state index in [9.17, 15) is 9.59 Å². The smallest absolute Gasteiger partial charge is 0.254 e. The Bertz CT molecular complexity index is 902. The van der Waals surface area contributed by atoms with Gasteiger partial charge in [-0.15, -0.1) is 0 Å². The minimum Gasteiger partial charge on any atom is -0.497 e. The van der Waals surface area contributed by atoms with E-state index in [-0.39, 0.29) is 23.0 Å². The summed E-state index contributed by atoms with van der Waals surface area (Å²) in [4.78, 5) is 32.9. The molecule has 1 saturated carbocycles. The zero-order valence-corrected chi connectivity index (χ0v) is 19.0. The van der Waals surface area contributed by atoms with Crippen LogP contribution in [0.5, 0.6) is 5.75 Å². The van der Waals surface area contributed by atoms with Crippen LogP contribution in [0.15, 0.2) is 34.2 Å². The summed E-state index contributed by atoms with van der Waals surface area (Å²) < 4.78 is 5.14. The number of nitrogens with one attached hydrogen (secondary N) is 1. The quantitative estimate of drug-likeness (QED) is 0.329. The summed E-state index contributed by atoms with van der Waals surface area (Å²) in [6, 6.07) is 7.07. The summed E-state index contributed by atoms with van der Waals surface area (Å²) in [6.45, 7) is 4.19. The topological polar surface area (TPSA) is 72.0 Å². The summed E-state index contributed by atoms with van der Waals surface area (Å²) >= 11 is 1.30. The second kappa shape index (κ2) is 10.8. The number of ether oxygens (including phenoxy) is 1. The number of hydrogen-bond donors (Lipinski definition) is 1. The molecule has 1 N–H and O–H groups in total. The second-order valence-corrected chi connectivity index (χ2v) is 9.13. The number of nitrogens with zero attached hydrogens (tertiary/aromatic N) is 1. The summed E-state index contributed by atoms with van der Waals surface area (Å²) in [7, 11) is 1.60. The van der Waals surface area contributed by atoms with Crippen LogP contribution in [0.25, 0.3) is 0 Å². The fourth-order valence-corrected chi connectivity index (χ4v) is 5.10. The molecular formula is C24H32N2O3S. The largest absolute Gasteiger partial charge is 0.497 e. The van der Waals surface area contributed by atoms with Gasteiger partial charge in [0.2, 0.25) is 0 Å². The van der Waals surface area contributed by atoms with Gasteiger partial charge in [0.05, 0.1) is 18.6 Å². The number of carbonyl (C=O) groups is 1. The second-order valence-electron chi connectivity index (χ2n) is 8.17. The molecule has 0 radical (unpaired) electrons. The fourth-order valence-electron chi connectivity index (χ4n) is 4.34. The van der Waals surface area contributed by atoms with Crippen LogP contribution < -0.4 is 10.3 Å². The number of aromatic amines is 1. The average molecular weight is 429 g/mol. The first-order valence-electron chi connectivity index (χ1n) is 10.9. The number of rotatable bonds is 9. The zero-order chi connectivity index (χ0) is 21.5. The number of H-pyrrole nitrogens is 1. The van der Waals surface area contributed by atoms with Crippen LogP contribution in [0.1, 0.15) is 79.9 Å². The Morgan fingerprint density at radius 2 is 1.93 bits per heavy atom. The summed E-state index contributed by atoms with van der Waals surface area (Å²) in [5, 5.41) is 0.532. The molecule has 6 heteroatoms. The molecular weight excluding hydrogens is 396 g/mol. The number of hydrogen-bond acceptors (Lipinski definition) is 5. The number of benzene rings is 1. The van der Waals surface area contributed by atoms with Gasteiger partial charge in [0.25, 0.3) is 5.56 Å². The lowest BCUT2D eigenvalue weighted by molar-refractivity contribution is 0.102. The van der Waals surface area contributed by atoms with Gasteiger partial charge in [0.15, 0.2) is 10.9 Å². The molecule has 0 saturated heterocycles. The molecule has 1 aliphatic carbocycles. The number of carbonyl (C=O) groups excluding carboxylic acids is 1. The lowest BCUT2D eigenvalue weighted by Gasteiger charge is -2.25. The molecule has 162 valence electrons. The van der Waals surface area contributed by atoms with Gasteiger partial charge in [-0.3, -0.25) is 9.59 Å². The van der Waals surface area contributed by atoms with E-state index in [1.54, 1.807) is 31.4 Å². The summed E-state index contributed by atoms with van der Waals surface area (Å²) in [5.74, 6) is 1.94. The maximum absolute atomic E-state index is 12.7. The van der Waals surface area contributed by atoms with Crippen molar-refractivity contribution < 1.29 is 9.53 Å². The van der Waals surface area contributed by atoms with Gasteiger partial charge in [-0.2, -0.15) is 0 Å². The molecule has 0 amide bonds. The van der Waals surface area contributed by atoms with E-state index in [4.69, 9.17) is 9.72 Å². The van der Waals surface area contributed by atoms with E-state index in [0.717, 1.165) is 29.3 Å². The molecule has 1 fully saturated rings. The summed E-state index contributed by atoms with van der Waals surface area (Å²) in [6.07, 6.45) is 8.29. The molecule has 3 rings (SSSR count). The predicted molar refractivity (Wildman–Crippen MR) is 122 cm³/mol. The van der Waals surface area contributed by atoms with E-state index in [1.165, 1.54) is 43.9 Å². The normalized spacial score (nSPS) is 15.7. The first-order valence-corrected chi connectivity index (χ1v) is 11.9. The Labute approximate surface area is 183 Å². The maximum atomic E-state index is 12.7. The average Bonchev–Trinajstić information content (AvgIpc) is 2.77. The molecule has 0 aliphatic heterocycles. The standard InChI is InChI=1S/C24H32N2O3S/c1-4-20-22(16(2)14-17-8-6-5-7-9-17)25-24(26-23(20)28)30-15-21(27)18-10-12-19(29-3)13-11-18/h10-13,16-17H,4-9,14-15H2,1-3H3,(H,25,26,28). The van der Waals surface area contributed by atoms with Gasteiger partial charge in [-0.25, -0.2) is 4.98 Å². The van der Waals surface area contributed by atoms with Crippen LogP contribution in [-0.2, 0) is 6.42 Å². The lowest BCUT2D eigenvalue weighted by Crippen LogP contribution is -2.21. The van der Waals surface area contributed by atoms with E-state index in [1.807, 2.05) is 6.92 Å². The van der Waals surface area contributed by atoms with Crippen molar-refractivity contribution in [2.45, 2.75) is 69.9 Å². The summed E-state index contributed by atoms with van der Waals surface area (Å²) in [5.41, 5.74) is 2.24. The minimum absolute atomic E-state index is 0.00155. The van der Waals surface area contributed by atoms with Gasteiger partial charge in [0, 0.05) is 11.1 Å². The van der Waals surface area contributed by atoms with Gasteiger partial charge >= 0.3 is 0 Å². The van der Waals surface area contributed by atoms with Crippen LogP contribution in [0.2, 0.25) is 0 Å². The predicted octanol–water partition coefficient (Wildman–Crippen LogP) is 5.39. The molecule has 2 aromatic rings. The van der Waals surface area contributed by atoms with Gasteiger partial charge in [-0.1, -0.05) is 57.7 Å². The first kappa shape index (κ1) is 22.6. The lowest BCUT2D eigenvalue weighted by atomic mass is 9.81. The van der Waals surface area contributed by atoms with Crippen molar-refractivity contribution in [3.8, 4) is 5.75 Å². The Hall–Kier alpha value is -2.08. The molecule has 1 aromatic carbocycles. The molecule has 30 heavy (non-hydrogen) atoms. The number of aromatic nitrogens is 2. The SMILES string of the molecule is CCc1c(C(C)CC2CCCCC2)nc(SCC(=O)c2ccc(OC)cc2)[nH]c1=O. The fraction of sp³-hybridized carbons (Fsp3) is 0.542. The van der Waals surface area contributed by atoms with Crippen molar-refractivity contribution in [2.24, 2.45) is 5.92 Å². The van der Waals surface area contributed by atoms with E-state index in [0.29, 0.717) is 17.1 Å². The third-order valence-electron chi connectivity index (χ3n) is 6.01. The van der Waals surface area contributed by atoms with E-state index < -0.39 is 0 Å². The van der Waals surface area contributed by atoms with E-state index in [2.05, 4.69) is 11.9 Å². The van der Waals surface area contributed by atoms with Crippen molar-refractivity contribution in [1.82, 2.24) is 9.97 Å². The van der Waals surface area contributed by atoms with Crippen LogP contribution in [-0.4, -0.2) is 28.6 Å². The number of thioether (sulfide) groups is 1. The van der Waals surface area contributed by atoms with Crippen LogP contribution >= 0.6 is 11.8 Å². The van der Waals surface area contributed by atoms with E-state index >= 15 is 0 Å². The highest BCUT2D eigenvalue weighted by Crippen LogP contribution is 2.33. The van der Waals surface area contributed by atoms with Gasteiger partial charge in [-0.05, 0) is 48.9 Å². The molecule has 0 bridgehead atoms. The van der Waals surface area contributed by atoms with Gasteiger partial charge < -0.3 is 9.72 Å². The molecule has 1 atom stereocenters. The van der Waals surface area contributed by atoms with Gasteiger partial charge in [0.1, 0.15) is 5.75 Å². The monoisotopic (exact) mass is 428 g/mol. The number of Topliss-reactive ketones (excluding diaryl/α,β-unsaturated/α-hetero) is 1. The van der Waals surface area contributed by atoms with Crippen LogP contribution in [0, 0.1) is 5.92 Å². The molecule has 0 spiro atoms.